The maximum Gasteiger partial charge on any atom is 0.490 e. The Labute approximate surface area is 386 Å². The number of amides is 2. The molecule has 4 heterocycles. The number of carbonyl (C=O) groups excluding carboxylic acids is 2. The van der Waals surface area contributed by atoms with E-state index in [4.69, 9.17) is 29.7 Å². The third kappa shape index (κ3) is 12.3. The van der Waals surface area contributed by atoms with E-state index in [9.17, 15) is 64.0 Å². The van der Waals surface area contributed by atoms with Crippen LogP contribution in [0.25, 0.3) is 38.1 Å². The number of nitrogens with one attached hydrogen (secondary N) is 1. The summed E-state index contributed by atoms with van der Waals surface area (Å²) in [7, 11) is 0. The van der Waals surface area contributed by atoms with Gasteiger partial charge in [0.2, 0.25) is 0 Å². The second kappa shape index (κ2) is 21.3. The highest BCUT2D eigenvalue weighted by atomic mass is 19.4. The quantitative estimate of drug-likeness (QED) is 0.0275. The van der Waals surface area contributed by atoms with Gasteiger partial charge in [-0.25, -0.2) is 19.4 Å². The summed E-state index contributed by atoms with van der Waals surface area (Å²) in [6.07, 6.45) is -11.9. The molecule has 27 heteroatoms. The number of hydrogen-bond donors (Lipinski definition) is 4. The van der Waals surface area contributed by atoms with Gasteiger partial charge >= 0.3 is 36.4 Å². The minimum absolute atomic E-state index is 0.0329. The van der Waals surface area contributed by atoms with E-state index in [2.05, 4.69) is 20.1 Å². The zero-order chi connectivity index (χ0) is 52.0. The van der Waals surface area contributed by atoms with Crippen molar-refractivity contribution in [1.82, 2.24) is 24.1 Å². The topological polar surface area (TPSA) is 245 Å². The van der Waals surface area contributed by atoms with E-state index in [0.717, 1.165) is 85.4 Å². The van der Waals surface area contributed by atoms with Gasteiger partial charge in [-0.15, -0.1) is 0 Å². The Bertz CT molecular complexity index is 2970. The summed E-state index contributed by atoms with van der Waals surface area (Å²) in [6, 6.07) is 17.6. The number of alkyl halides is 9. The Kier molecular flexibility index (Phi) is 16.2. The molecule has 8 rings (SSSR count). The zero-order valence-electron chi connectivity index (χ0n) is 36.1. The van der Waals surface area contributed by atoms with Crippen molar-refractivity contribution < 1.29 is 83.7 Å². The molecule has 18 nitrogen and oxygen atoms in total. The molecule has 6 aromatic rings. The summed E-state index contributed by atoms with van der Waals surface area (Å²) >= 11 is 0. The van der Waals surface area contributed by atoms with Crippen molar-refractivity contribution in [2.75, 3.05) is 57.7 Å². The van der Waals surface area contributed by atoms with Crippen molar-refractivity contribution in [1.29, 1.82) is 0 Å². The number of aliphatic carboxylic acids is 3. The first-order valence-electron chi connectivity index (χ1n) is 20.4. The van der Waals surface area contributed by atoms with Gasteiger partial charge in [0.25, 0.3) is 17.5 Å². The molecule has 374 valence electrons. The number of hydrogen-bond acceptors (Lipinski definition) is 12. The minimum Gasteiger partial charge on any atom is -0.475 e. The highest BCUT2D eigenvalue weighted by molar-refractivity contribution is 6.25. The Morgan fingerprint density at radius 1 is 0.700 bits per heavy atom. The number of nitro benzene ring substituents is 1. The van der Waals surface area contributed by atoms with Gasteiger partial charge in [-0.3, -0.25) is 33.8 Å². The number of imide groups is 1. The standard InChI is InChI=1S/C37H35N7O5.3C2HF3O2/c1-23-6-2-9-30-31(23)35(45)33-28(10-11-29-34(33)43(30)22-39-29)38-12-4-13-40-16-18-41(19-17-40)14-5-15-42-36(46)26-8-3-7-24-20-25(44(48)49)21-27(32(24)26)37(42)47;3*3-2(4,5)1(6)7/h2-3,6-11,20-22,38H,4-5,12-19H2,1H3;3*(H,6,7). The number of piperazine rings is 1. The van der Waals surface area contributed by atoms with Gasteiger partial charge in [0.05, 0.1) is 32.4 Å². The highest BCUT2D eigenvalue weighted by Gasteiger charge is 2.40. The Balaban J connectivity index is 0.000000364. The predicted octanol–water partition coefficient (Wildman–Crippen LogP) is 6.81. The van der Waals surface area contributed by atoms with E-state index < -0.39 is 47.3 Å². The summed E-state index contributed by atoms with van der Waals surface area (Å²) in [5.74, 6) is -9.10. The van der Waals surface area contributed by atoms with Crippen LogP contribution < -0.4 is 10.7 Å². The van der Waals surface area contributed by atoms with Gasteiger partial charge in [-0.2, -0.15) is 39.5 Å². The summed E-state index contributed by atoms with van der Waals surface area (Å²) in [5.41, 5.74) is 4.81. The second-order valence-electron chi connectivity index (χ2n) is 15.4. The molecule has 1 saturated heterocycles. The molecule has 0 aliphatic carbocycles. The first-order chi connectivity index (χ1) is 32.6. The van der Waals surface area contributed by atoms with E-state index >= 15 is 0 Å². The molecule has 0 atom stereocenters. The summed E-state index contributed by atoms with van der Waals surface area (Å²) in [4.78, 5) is 88.6. The molecule has 4 aromatic carbocycles. The Morgan fingerprint density at radius 2 is 1.23 bits per heavy atom. The molecule has 1 fully saturated rings. The number of rotatable bonds is 10. The molecular formula is C43H38F9N7O11. The number of benzene rings is 4. The first kappa shape index (κ1) is 53.3. The first-order valence-corrected chi connectivity index (χ1v) is 20.4. The van der Waals surface area contributed by atoms with Crippen LogP contribution in [-0.4, -0.2) is 145 Å². The Morgan fingerprint density at radius 3 is 1.77 bits per heavy atom. The van der Waals surface area contributed by atoms with E-state index in [0.29, 0.717) is 28.1 Å². The number of pyridine rings is 1. The third-order valence-corrected chi connectivity index (χ3v) is 10.8. The number of non-ortho nitro benzene ring substituents is 1. The summed E-state index contributed by atoms with van der Waals surface area (Å²) in [5, 5.41) is 38.8. The van der Waals surface area contributed by atoms with E-state index in [1.54, 1.807) is 24.5 Å². The normalized spacial score (nSPS) is 14.4. The molecule has 2 aliphatic rings. The van der Waals surface area contributed by atoms with Crippen LogP contribution in [0, 0.1) is 17.0 Å². The van der Waals surface area contributed by atoms with Crippen molar-refractivity contribution in [3.05, 3.63) is 104 Å². The van der Waals surface area contributed by atoms with E-state index in [-0.39, 0.29) is 29.1 Å². The molecule has 0 saturated carbocycles. The van der Waals surface area contributed by atoms with Crippen LogP contribution in [0.15, 0.2) is 71.8 Å². The monoisotopic (exact) mass is 999 g/mol. The van der Waals surface area contributed by atoms with Crippen LogP contribution in [0.2, 0.25) is 0 Å². The van der Waals surface area contributed by atoms with Gasteiger partial charge in [0, 0.05) is 73.4 Å². The number of carboxylic acid groups (broad SMARTS) is 3. The second-order valence-corrected chi connectivity index (χ2v) is 15.4. The number of aromatic nitrogens is 2. The largest absolute Gasteiger partial charge is 0.490 e. The number of nitrogens with zero attached hydrogens (tertiary/aromatic N) is 6. The van der Waals surface area contributed by atoms with Crippen molar-refractivity contribution in [3.8, 4) is 0 Å². The number of nitro groups is 1. The van der Waals surface area contributed by atoms with Gasteiger partial charge in [0.1, 0.15) is 6.33 Å². The smallest absolute Gasteiger partial charge is 0.475 e. The van der Waals surface area contributed by atoms with Crippen LogP contribution >= 0.6 is 0 Å². The van der Waals surface area contributed by atoms with Crippen LogP contribution in [0.4, 0.5) is 50.9 Å². The lowest BCUT2D eigenvalue weighted by Gasteiger charge is -2.35. The zero-order valence-corrected chi connectivity index (χ0v) is 36.1. The van der Waals surface area contributed by atoms with Gasteiger partial charge in [0.15, 0.2) is 5.43 Å². The maximum absolute atomic E-state index is 13.7. The number of aryl methyl sites for hydroxylation is 1. The third-order valence-electron chi connectivity index (χ3n) is 10.8. The number of imidazole rings is 1. The van der Waals surface area contributed by atoms with Crippen molar-refractivity contribution in [2.45, 2.75) is 38.3 Å². The van der Waals surface area contributed by atoms with E-state index in [1.165, 1.54) is 17.0 Å². The van der Waals surface area contributed by atoms with Crippen molar-refractivity contribution >= 4 is 79.2 Å². The van der Waals surface area contributed by atoms with Crippen LogP contribution in [0.5, 0.6) is 0 Å². The molecule has 0 bridgehead atoms. The van der Waals surface area contributed by atoms with Crippen molar-refractivity contribution in [2.24, 2.45) is 0 Å². The van der Waals surface area contributed by atoms with E-state index in [1.807, 2.05) is 41.7 Å². The fraction of sp³-hybridized carbons (Fsp3) is 0.326. The highest BCUT2D eigenvalue weighted by Crippen LogP contribution is 2.34. The maximum atomic E-state index is 13.7. The predicted molar refractivity (Wildman–Crippen MR) is 230 cm³/mol. The minimum atomic E-state index is -5.08. The average molecular weight is 1000 g/mol. The van der Waals surface area contributed by atoms with Gasteiger partial charge in [-0.05, 0) is 68.1 Å². The molecule has 4 N–H and O–H groups in total. The number of carbonyl (C=O) groups is 5. The summed E-state index contributed by atoms with van der Waals surface area (Å²) in [6.45, 7) is 8.26. The number of halogens is 9. The molecule has 0 unspecified atom stereocenters. The number of fused-ring (bicyclic) bond motifs is 2. The Hall–Kier alpha value is -7.68. The molecule has 2 aliphatic heterocycles. The van der Waals surface area contributed by atoms with Gasteiger partial charge < -0.3 is 30.4 Å². The van der Waals surface area contributed by atoms with Crippen molar-refractivity contribution in [3.63, 3.8) is 0 Å². The number of anilines is 1. The summed E-state index contributed by atoms with van der Waals surface area (Å²) < 4.78 is 97.2. The van der Waals surface area contributed by atoms with Crippen LogP contribution in [-0.2, 0) is 14.4 Å². The SMILES string of the molecule is Cc1cccc2c1c(=O)c1c(NCCCN3CCN(CCCN4C(=O)c5cccc6cc([N+](=O)[O-])cc(c56)C4=O)CC3)ccc3ncn2c31.O=C(O)C(F)(F)F.O=C(O)C(F)(F)F.O=C(O)C(F)(F)F. The van der Waals surface area contributed by atoms with Crippen LogP contribution in [0.1, 0.15) is 39.1 Å². The lowest BCUT2D eigenvalue weighted by Crippen LogP contribution is -2.48. The van der Waals surface area contributed by atoms with Gasteiger partial charge in [-0.1, -0.05) is 24.3 Å². The molecular weight excluding hydrogens is 961 g/mol. The lowest BCUT2D eigenvalue weighted by molar-refractivity contribution is -0.384. The molecule has 70 heavy (non-hydrogen) atoms. The molecule has 2 amide bonds. The molecule has 2 aromatic heterocycles. The number of carboxylic acids is 3. The van der Waals surface area contributed by atoms with Crippen LogP contribution in [0.3, 0.4) is 0 Å². The lowest BCUT2D eigenvalue weighted by atomic mass is 9.93. The molecule has 0 radical (unpaired) electrons. The average Bonchev–Trinajstić information content (AvgIpc) is 3.72. The fourth-order valence-corrected chi connectivity index (χ4v) is 7.60. The fourth-order valence-electron chi connectivity index (χ4n) is 7.60. The molecule has 0 spiro atoms.